The summed E-state index contributed by atoms with van der Waals surface area (Å²) >= 11 is 5.89. The number of esters is 1. The molecule has 9 heteroatoms. The molecule has 0 saturated heterocycles. The fraction of sp³-hybridized carbons (Fsp3) is 0.500. The summed E-state index contributed by atoms with van der Waals surface area (Å²) in [7, 11) is 1.21. The van der Waals surface area contributed by atoms with Gasteiger partial charge in [0, 0.05) is 6.54 Å². The van der Waals surface area contributed by atoms with Gasteiger partial charge in [-0.05, 0) is 6.42 Å². The van der Waals surface area contributed by atoms with Crippen molar-refractivity contribution in [2.45, 2.75) is 19.9 Å². The van der Waals surface area contributed by atoms with Crippen LogP contribution in [0.2, 0.25) is 5.02 Å². The second-order valence-electron chi connectivity index (χ2n) is 4.11. The first kappa shape index (κ1) is 17.0. The van der Waals surface area contributed by atoms with Gasteiger partial charge in [-0.1, -0.05) is 18.5 Å². The average Bonchev–Trinajstić information content (AvgIpc) is 2.48. The van der Waals surface area contributed by atoms with Crippen molar-refractivity contribution in [2.24, 2.45) is 0 Å². The van der Waals surface area contributed by atoms with E-state index in [4.69, 9.17) is 11.6 Å². The van der Waals surface area contributed by atoms with E-state index in [1.165, 1.54) is 13.3 Å². The van der Waals surface area contributed by atoms with Crippen molar-refractivity contribution in [1.29, 1.82) is 0 Å². The molecule has 0 saturated carbocycles. The van der Waals surface area contributed by atoms with E-state index in [0.717, 1.165) is 11.1 Å². The number of carbonyl (C=O) groups excluding carboxylic acids is 2. The van der Waals surface area contributed by atoms with Crippen molar-refractivity contribution in [3.63, 3.8) is 0 Å². The van der Waals surface area contributed by atoms with Crippen molar-refractivity contribution in [3.05, 3.63) is 21.6 Å². The van der Waals surface area contributed by atoms with Crippen LogP contribution in [0.3, 0.4) is 0 Å². The molecule has 1 amide bonds. The van der Waals surface area contributed by atoms with Crippen LogP contribution in [0.1, 0.15) is 13.3 Å². The summed E-state index contributed by atoms with van der Waals surface area (Å²) in [6, 6.07) is 0. The third-order valence-electron chi connectivity index (χ3n) is 2.50. The van der Waals surface area contributed by atoms with Crippen LogP contribution in [0, 0.1) is 0 Å². The molecule has 0 fully saturated rings. The maximum absolute atomic E-state index is 11.9. The first-order valence-corrected chi connectivity index (χ1v) is 6.70. The fourth-order valence-electron chi connectivity index (χ4n) is 1.39. The van der Waals surface area contributed by atoms with Gasteiger partial charge in [0.05, 0.1) is 25.5 Å². The maximum Gasteiger partial charge on any atom is 0.327 e. The SMILES string of the molecule is CCCNC(=O)CNc1cnn(CC(=O)OC)c(=O)c1Cl. The van der Waals surface area contributed by atoms with Crippen LogP contribution in [0.25, 0.3) is 0 Å². The van der Waals surface area contributed by atoms with Gasteiger partial charge in [0.25, 0.3) is 5.56 Å². The third kappa shape index (κ3) is 5.07. The largest absolute Gasteiger partial charge is 0.468 e. The van der Waals surface area contributed by atoms with Gasteiger partial charge in [-0.25, -0.2) is 4.68 Å². The molecule has 1 aromatic heterocycles. The predicted octanol–water partition coefficient (Wildman–Crippen LogP) is 0.00780. The van der Waals surface area contributed by atoms with Crippen LogP contribution >= 0.6 is 11.6 Å². The second kappa shape index (κ2) is 8.25. The monoisotopic (exact) mass is 316 g/mol. The lowest BCUT2D eigenvalue weighted by Crippen LogP contribution is -2.32. The Bertz CT molecular complexity index is 573. The Labute approximate surface area is 126 Å². The van der Waals surface area contributed by atoms with Gasteiger partial charge < -0.3 is 15.4 Å². The normalized spacial score (nSPS) is 10.0. The zero-order valence-electron chi connectivity index (χ0n) is 11.8. The third-order valence-corrected chi connectivity index (χ3v) is 2.87. The highest BCUT2D eigenvalue weighted by Gasteiger charge is 2.12. The molecule has 21 heavy (non-hydrogen) atoms. The van der Waals surface area contributed by atoms with Gasteiger partial charge in [-0.3, -0.25) is 14.4 Å². The first-order valence-electron chi connectivity index (χ1n) is 6.32. The number of halogens is 1. The number of ether oxygens (including phenoxy) is 1. The van der Waals surface area contributed by atoms with Crippen molar-refractivity contribution >= 4 is 29.2 Å². The highest BCUT2D eigenvalue weighted by molar-refractivity contribution is 6.33. The molecule has 0 aliphatic heterocycles. The number of hydrogen-bond donors (Lipinski definition) is 2. The molecule has 2 N–H and O–H groups in total. The summed E-state index contributed by atoms with van der Waals surface area (Å²) < 4.78 is 5.33. The number of anilines is 1. The molecule has 116 valence electrons. The Kier molecular flexibility index (Phi) is 6.67. The summed E-state index contributed by atoms with van der Waals surface area (Å²) in [6.07, 6.45) is 2.11. The van der Waals surface area contributed by atoms with Crippen molar-refractivity contribution in [1.82, 2.24) is 15.1 Å². The van der Waals surface area contributed by atoms with E-state index in [1.807, 2.05) is 6.92 Å². The number of carbonyl (C=O) groups is 2. The molecule has 1 rings (SSSR count). The van der Waals surface area contributed by atoms with Crippen LogP contribution in [-0.4, -0.2) is 41.9 Å². The molecule has 0 aliphatic carbocycles. The summed E-state index contributed by atoms with van der Waals surface area (Å²) in [4.78, 5) is 34.4. The highest BCUT2D eigenvalue weighted by Crippen LogP contribution is 2.14. The van der Waals surface area contributed by atoms with Gasteiger partial charge in [0.1, 0.15) is 11.6 Å². The Morgan fingerprint density at radius 1 is 1.48 bits per heavy atom. The summed E-state index contributed by atoms with van der Waals surface area (Å²) in [5.41, 5.74) is -0.407. The average molecular weight is 317 g/mol. The molecule has 0 atom stereocenters. The van der Waals surface area contributed by atoms with E-state index >= 15 is 0 Å². The zero-order valence-corrected chi connectivity index (χ0v) is 12.6. The van der Waals surface area contributed by atoms with E-state index in [1.54, 1.807) is 0 Å². The quantitative estimate of drug-likeness (QED) is 0.687. The molecule has 1 aromatic rings. The lowest BCUT2D eigenvalue weighted by atomic mass is 10.4. The van der Waals surface area contributed by atoms with Gasteiger partial charge in [-0.2, -0.15) is 5.10 Å². The van der Waals surface area contributed by atoms with Gasteiger partial charge in [0.15, 0.2) is 0 Å². The minimum atomic E-state index is -0.638. The van der Waals surface area contributed by atoms with Crippen molar-refractivity contribution in [3.8, 4) is 0 Å². The molecule has 0 spiro atoms. The number of aromatic nitrogens is 2. The topological polar surface area (TPSA) is 102 Å². The number of rotatable bonds is 7. The molecule has 8 nitrogen and oxygen atoms in total. The Morgan fingerprint density at radius 3 is 2.81 bits per heavy atom. The van der Waals surface area contributed by atoms with Crippen molar-refractivity contribution in [2.75, 3.05) is 25.5 Å². The van der Waals surface area contributed by atoms with Crippen LogP contribution < -0.4 is 16.2 Å². The van der Waals surface area contributed by atoms with E-state index in [2.05, 4.69) is 20.5 Å². The fourth-order valence-corrected chi connectivity index (χ4v) is 1.60. The second-order valence-corrected chi connectivity index (χ2v) is 4.49. The van der Waals surface area contributed by atoms with Crippen LogP contribution in [0.4, 0.5) is 5.69 Å². The number of hydrogen-bond acceptors (Lipinski definition) is 6. The molecule has 0 bridgehead atoms. The van der Waals surface area contributed by atoms with E-state index in [0.29, 0.717) is 6.54 Å². The Hall–Kier alpha value is -2.09. The zero-order chi connectivity index (χ0) is 15.8. The predicted molar refractivity (Wildman–Crippen MR) is 77.3 cm³/mol. The van der Waals surface area contributed by atoms with Gasteiger partial charge in [-0.15, -0.1) is 0 Å². The molecular formula is C12H17ClN4O4. The van der Waals surface area contributed by atoms with E-state index in [-0.39, 0.29) is 29.7 Å². The maximum atomic E-state index is 11.9. The smallest absolute Gasteiger partial charge is 0.327 e. The van der Waals surface area contributed by atoms with Gasteiger partial charge in [0.2, 0.25) is 5.91 Å². The number of amides is 1. The Morgan fingerprint density at radius 2 is 2.19 bits per heavy atom. The molecular weight excluding hydrogens is 300 g/mol. The molecule has 0 unspecified atom stereocenters. The molecule has 1 heterocycles. The standard InChI is InChI=1S/C12H17ClN4O4/c1-3-4-14-9(18)6-15-8-5-16-17(7-10(19)21-2)12(20)11(8)13/h5,15H,3-4,6-7H2,1-2H3,(H,14,18). The lowest BCUT2D eigenvalue weighted by molar-refractivity contribution is -0.141. The molecule has 0 aromatic carbocycles. The first-order chi connectivity index (χ1) is 9.99. The summed E-state index contributed by atoms with van der Waals surface area (Å²) in [6.45, 7) is 2.16. The Balaban J connectivity index is 2.73. The minimum Gasteiger partial charge on any atom is -0.468 e. The van der Waals surface area contributed by atoms with Gasteiger partial charge >= 0.3 is 5.97 Å². The highest BCUT2D eigenvalue weighted by atomic mass is 35.5. The molecule has 0 aliphatic rings. The number of nitrogens with one attached hydrogen (secondary N) is 2. The van der Waals surface area contributed by atoms with Crippen LogP contribution in [-0.2, 0) is 20.9 Å². The summed E-state index contributed by atoms with van der Waals surface area (Å²) in [5, 5.41) is 9.04. The molecule has 0 radical (unpaired) electrons. The van der Waals surface area contributed by atoms with E-state index < -0.39 is 11.5 Å². The van der Waals surface area contributed by atoms with Crippen molar-refractivity contribution < 1.29 is 14.3 Å². The summed E-state index contributed by atoms with van der Waals surface area (Å²) in [5.74, 6) is -0.827. The lowest BCUT2D eigenvalue weighted by Gasteiger charge is -2.09. The minimum absolute atomic E-state index is 0.0259. The van der Waals surface area contributed by atoms with E-state index in [9.17, 15) is 14.4 Å². The number of methoxy groups -OCH3 is 1. The van der Waals surface area contributed by atoms with Crippen LogP contribution in [0.15, 0.2) is 11.0 Å². The number of nitrogens with zero attached hydrogens (tertiary/aromatic N) is 2. The van der Waals surface area contributed by atoms with Crippen LogP contribution in [0.5, 0.6) is 0 Å².